The van der Waals surface area contributed by atoms with Gasteiger partial charge in [-0.15, -0.1) is 0 Å². The lowest BCUT2D eigenvalue weighted by Gasteiger charge is -2.26. The van der Waals surface area contributed by atoms with E-state index in [1.54, 1.807) is 0 Å². The molecule has 3 rings (SSSR count). The maximum Gasteiger partial charge on any atom is 0.187 e. The molecule has 7 heteroatoms. The molecule has 2 aliphatic heterocycles. The molecule has 2 saturated heterocycles. The molecule has 102 valence electrons. The molecule has 0 amide bonds. The van der Waals surface area contributed by atoms with Gasteiger partial charge in [0.25, 0.3) is 0 Å². The molecular weight excluding hydrogens is 270 g/mol. The predicted octanol–water partition coefficient (Wildman–Crippen LogP) is 1.36. The van der Waals surface area contributed by atoms with Crippen molar-refractivity contribution in [3.63, 3.8) is 0 Å². The number of hydrogen-bond acceptors (Lipinski definition) is 6. The number of piperazine rings is 1. The fourth-order valence-corrected chi connectivity index (χ4v) is 2.85. The zero-order valence-electron chi connectivity index (χ0n) is 10.5. The average molecular weight is 290 g/mol. The molecule has 0 saturated carbocycles. The van der Waals surface area contributed by atoms with Crippen LogP contribution in [0, 0.1) is 0 Å². The van der Waals surface area contributed by atoms with Gasteiger partial charge in [-0.1, -0.05) is 11.6 Å². The molecule has 0 spiro atoms. The lowest BCUT2D eigenvalue weighted by Crippen LogP contribution is -2.39. The Labute approximate surface area is 117 Å². The maximum atomic E-state index is 5.87. The number of halogens is 1. The smallest absolute Gasteiger partial charge is 0.187 e. The highest BCUT2D eigenvalue weighted by Crippen LogP contribution is 2.25. The van der Waals surface area contributed by atoms with Gasteiger partial charge in [-0.05, 0) is 19.3 Å². The van der Waals surface area contributed by atoms with E-state index in [2.05, 4.69) is 24.3 Å². The van der Waals surface area contributed by atoms with Gasteiger partial charge >= 0.3 is 0 Å². The van der Waals surface area contributed by atoms with E-state index in [-0.39, 0.29) is 0 Å². The van der Waals surface area contributed by atoms with Crippen molar-refractivity contribution in [1.82, 2.24) is 19.4 Å². The lowest BCUT2D eigenvalue weighted by molar-refractivity contribution is 0.534. The lowest BCUT2D eigenvalue weighted by atomic mass is 10.1. The number of nitrogens with zero attached hydrogens (tertiary/aromatic N) is 3. The van der Waals surface area contributed by atoms with Crippen molar-refractivity contribution < 1.29 is 0 Å². The molecule has 2 N–H and O–H groups in total. The normalized spacial score (nSPS) is 20.2. The maximum absolute atomic E-state index is 5.87. The minimum absolute atomic E-state index is 0.557. The van der Waals surface area contributed by atoms with Crippen molar-refractivity contribution in [2.24, 2.45) is 0 Å². The minimum Gasteiger partial charge on any atom is -0.353 e. The van der Waals surface area contributed by atoms with Gasteiger partial charge < -0.3 is 15.5 Å². The molecular formula is C11H20ClN5S. The largest absolute Gasteiger partial charge is 0.353 e. The topological polar surface area (TPSA) is 53.1 Å². The first-order valence-corrected chi connectivity index (χ1v) is 7.63. The van der Waals surface area contributed by atoms with Crippen molar-refractivity contribution in [1.29, 1.82) is 0 Å². The van der Waals surface area contributed by atoms with E-state index in [1.165, 1.54) is 31.0 Å². The van der Waals surface area contributed by atoms with Crippen LogP contribution in [-0.2, 0) is 0 Å². The number of hydrogen-bond donors (Lipinski definition) is 2. The van der Waals surface area contributed by atoms with Gasteiger partial charge in [-0.25, -0.2) is 0 Å². The van der Waals surface area contributed by atoms with Gasteiger partial charge in [0.1, 0.15) is 0 Å². The predicted molar refractivity (Wildman–Crippen MR) is 76.7 cm³/mol. The van der Waals surface area contributed by atoms with Gasteiger partial charge in [-0.2, -0.15) is 8.75 Å². The Balaban J connectivity index is 0.000000169. The second-order valence-corrected chi connectivity index (χ2v) is 5.31. The van der Waals surface area contributed by atoms with E-state index < -0.39 is 0 Å². The first-order chi connectivity index (χ1) is 8.88. The van der Waals surface area contributed by atoms with Crippen LogP contribution in [0.15, 0.2) is 0 Å². The fourth-order valence-electron chi connectivity index (χ4n) is 2.07. The van der Waals surface area contributed by atoms with Gasteiger partial charge in [0, 0.05) is 39.3 Å². The zero-order valence-corrected chi connectivity index (χ0v) is 12.1. The molecule has 0 atom stereocenters. The van der Waals surface area contributed by atoms with Crippen molar-refractivity contribution in [3.05, 3.63) is 5.15 Å². The quantitative estimate of drug-likeness (QED) is 0.818. The minimum atomic E-state index is 0.557. The summed E-state index contributed by atoms with van der Waals surface area (Å²) in [5.74, 6) is 0.876. The van der Waals surface area contributed by atoms with Gasteiger partial charge in [0.05, 0.1) is 11.7 Å². The van der Waals surface area contributed by atoms with E-state index in [0.717, 1.165) is 45.1 Å². The molecule has 18 heavy (non-hydrogen) atoms. The number of aromatic nitrogens is 2. The van der Waals surface area contributed by atoms with Crippen LogP contribution in [-0.4, -0.2) is 48.0 Å². The molecule has 2 aliphatic rings. The highest BCUT2D eigenvalue weighted by atomic mass is 35.5. The number of nitrogens with one attached hydrogen (secondary N) is 2. The molecule has 0 unspecified atom stereocenters. The van der Waals surface area contributed by atoms with Gasteiger partial charge in [0.15, 0.2) is 11.0 Å². The first kappa shape index (κ1) is 14.0. The summed E-state index contributed by atoms with van der Waals surface area (Å²) in [5, 5.41) is 7.00. The first-order valence-electron chi connectivity index (χ1n) is 6.52. The molecule has 1 aromatic rings. The third kappa shape index (κ3) is 4.35. The highest BCUT2D eigenvalue weighted by Gasteiger charge is 2.16. The summed E-state index contributed by atoms with van der Waals surface area (Å²) in [5.41, 5.74) is 0. The Morgan fingerprint density at radius 2 is 1.56 bits per heavy atom. The zero-order chi connectivity index (χ0) is 12.6. The van der Waals surface area contributed by atoms with Crippen LogP contribution >= 0.6 is 23.3 Å². The van der Waals surface area contributed by atoms with E-state index in [1.807, 2.05) is 0 Å². The average Bonchev–Trinajstić information content (AvgIpc) is 2.89. The monoisotopic (exact) mass is 289 g/mol. The van der Waals surface area contributed by atoms with Gasteiger partial charge in [-0.3, -0.25) is 0 Å². The van der Waals surface area contributed by atoms with E-state index in [9.17, 15) is 0 Å². The van der Waals surface area contributed by atoms with Crippen molar-refractivity contribution in [2.45, 2.75) is 19.3 Å². The third-order valence-electron chi connectivity index (χ3n) is 3.05. The molecule has 3 heterocycles. The summed E-state index contributed by atoms with van der Waals surface area (Å²) in [6.45, 7) is 6.70. The Bertz CT molecular complexity index is 324. The Hall–Kier alpha value is -0.430. The molecule has 0 aromatic carbocycles. The second-order valence-electron chi connectivity index (χ2n) is 4.43. The van der Waals surface area contributed by atoms with Crippen LogP contribution in [0.5, 0.6) is 0 Å². The number of piperidine rings is 1. The highest BCUT2D eigenvalue weighted by molar-refractivity contribution is 6.99. The molecule has 0 radical (unpaired) electrons. The molecule has 0 bridgehead atoms. The Kier molecular flexibility index (Phi) is 6.13. The summed E-state index contributed by atoms with van der Waals surface area (Å²) in [4.78, 5) is 2.22. The van der Waals surface area contributed by atoms with Gasteiger partial charge in [0.2, 0.25) is 0 Å². The molecule has 5 nitrogen and oxygen atoms in total. The Morgan fingerprint density at radius 1 is 0.944 bits per heavy atom. The van der Waals surface area contributed by atoms with Crippen LogP contribution in [0.2, 0.25) is 5.15 Å². The second kappa shape index (κ2) is 7.89. The van der Waals surface area contributed by atoms with E-state index in [4.69, 9.17) is 11.6 Å². The van der Waals surface area contributed by atoms with Crippen molar-refractivity contribution in [2.75, 3.05) is 44.2 Å². The van der Waals surface area contributed by atoms with Crippen LogP contribution < -0.4 is 15.5 Å². The number of anilines is 1. The summed E-state index contributed by atoms with van der Waals surface area (Å²) in [7, 11) is 0. The third-order valence-corrected chi connectivity index (χ3v) is 3.92. The Morgan fingerprint density at radius 3 is 2.00 bits per heavy atom. The summed E-state index contributed by atoms with van der Waals surface area (Å²) in [6.07, 6.45) is 3.81. The van der Waals surface area contributed by atoms with Crippen LogP contribution in [0.1, 0.15) is 19.3 Å². The summed E-state index contributed by atoms with van der Waals surface area (Å²) < 4.78 is 8.11. The van der Waals surface area contributed by atoms with Crippen LogP contribution in [0.4, 0.5) is 5.82 Å². The van der Waals surface area contributed by atoms with E-state index in [0.29, 0.717) is 5.15 Å². The summed E-state index contributed by atoms with van der Waals surface area (Å²) in [6, 6.07) is 0. The summed E-state index contributed by atoms with van der Waals surface area (Å²) >= 11 is 7.05. The fraction of sp³-hybridized carbons (Fsp3) is 0.818. The molecule has 0 aliphatic carbocycles. The van der Waals surface area contributed by atoms with Crippen molar-refractivity contribution in [3.8, 4) is 0 Å². The van der Waals surface area contributed by atoms with Crippen LogP contribution in [0.25, 0.3) is 0 Å². The molecule has 2 fully saturated rings. The van der Waals surface area contributed by atoms with Crippen LogP contribution in [0.3, 0.4) is 0 Å². The van der Waals surface area contributed by atoms with Crippen molar-refractivity contribution >= 4 is 29.1 Å². The molecule has 1 aromatic heterocycles. The number of rotatable bonds is 1. The standard InChI is InChI=1S/C7H10ClN3S.C4H10N2/c8-6-7(10-12-9-6)11-4-2-1-3-5-11;1-2-6-4-3-5-1/h1-5H2;5-6H,1-4H2. The SMILES string of the molecule is C1CNCCN1.Clc1nsnc1N1CCCCC1. The van der Waals surface area contributed by atoms with E-state index >= 15 is 0 Å².